The van der Waals surface area contributed by atoms with Gasteiger partial charge >= 0.3 is 6.09 Å². The van der Waals surface area contributed by atoms with Crippen LogP contribution in [-0.4, -0.2) is 30.6 Å². The van der Waals surface area contributed by atoms with Crippen LogP contribution in [0.1, 0.15) is 19.3 Å². The van der Waals surface area contributed by atoms with Crippen LogP contribution in [0.3, 0.4) is 0 Å². The lowest BCUT2D eigenvalue weighted by atomic mass is 9.92. The van der Waals surface area contributed by atoms with Crippen molar-refractivity contribution in [2.24, 2.45) is 17.4 Å². The van der Waals surface area contributed by atoms with Crippen molar-refractivity contribution in [1.29, 1.82) is 0 Å². The average Bonchev–Trinajstić information content (AvgIpc) is 2.19. The van der Waals surface area contributed by atoms with E-state index in [1.54, 1.807) is 0 Å². The van der Waals surface area contributed by atoms with Gasteiger partial charge in [-0.25, -0.2) is 4.79 Å². The number of ether oxygens (including phenoxy) is 1. The van der Waals surface area contributed by atoms with Crippen molar-refractivity contribution in [2.45, 2.75) is 25.4 Å². The molecule has 90 valence electrons. The molecule has 1 aliphatic rings. The molecule has 1 fully saturated rings. The maximum Gasteiger partial charge on any atom is 0.405 e. The molecule has 0 aromatic heterocycles. The first-order chi connectivity index (χ1) is 7.50. The summed E-state index contributed by atoms with van der Waals surface area (Å²) >= 11 is 0. The molecule has 5 N–H and O–H groups in total. The Morgan fingerprint density at radius 3 is 2.69 bits per heavy atom. The van der Waals surface area contributed by atoms with Gasteiger partial charge in [0.15, 0.2) is 6.10 Å². The summed E-state index contributed by atoms with van der Waals surface area (Å²) in [5.41, 5.74) is 9.85. The molecular weight excluding hydrogens is 214 g/mol. The summed E-state index contributed by atoms with van der Waals surface area (Å²) in [6.45, 7) is 0.632. The molecule has 16 heavy (non-hydrogen) atoms. The Hall–Kier alpha value is -1.79. The number of hydrogen-bond donors (Lipinski definition) is 3. The van der Waals surface area contributed by atoms with E-state index >= 15 is 0 Å². The fourth-order valence-electron chi connectivity index (χ4n) is 1.68. The van der Waals surface area contributed by atoms with Crippen LogP contribution in [0.25, 0.3) is 0 Å². The summed E-state index contributed by atoms with van der Waals surface area (Å²) in [6.07, 6.45) is -0.633. The minimum Gasteiger partial charge on any atom is -0.436 e. The quantitative estimate of drug-likeness (QED) is 0.563. The van der Waals surface area contributed by atoms with Gasteiger partial charge in [-0.1, -0.05) is 0 Å². The second kappa shape index (κ2) is 5.34. The summed E-state index contributed by atoms with van der Waals surface area (Å²) in [5, 5.41) is 2.67. The van der Waals surface area contributed by atoms with Gasteiger partial charge in [-0.2, -0.15) is 0 Å². The summed E-state index contributed by atoms with van der Waals surface area (Å²) in [7, 11) is 0. The van der Waals surface area contributed by atoms with Crippen LogP contribution in [0.2, 0.25) is 0 Å². The number of nitrogens with one attached hydrogen (secondary N) is 1. The number of piperidine rings is 1. The Kier molecular flexibility index (Phi) is 4.10. The highest BCUT2D eigenvalue weighted by Crippen LogP contribution is 2.18. The first-order valence-corrected chi connectivity index (χ1v) is 5.04. The monoisotopic (exact) mass is 229 g/mol. The Morgan fingerprint density at radius 1 is 1.50 bits per heavy atom. The van der Waals surface area contributed by atoms with E-state index in [1.165, 1.54) is 0 Å². The molecule has 0 radical (unpaired) electrons. The minimum absolute atomic E-state index is 0.0874. The summed E-state index contributed by atoms with van der Waals surface area (Å²) in [4.78, 5) is 32.9. The van der Waals surface area contributed by atoms with Crippen molar-refractivity contribution in [1.82, 2.24) is 5.32 Å². The van der Waals surface area contributed by atoms with Crippen molar-refractivity contribution in [3.8, 4) is 0 Å². The second-order valence-electron chi connectivity index (χ2n) is 3.69. The van der Waals surface area contributed by atoms with E-state index in [1.807, 2.05) is 0 Å². The lowest BCUT2D eigenvalue weighted by Gasteiger charge is -2.24. The van der Waals surface area contributed by atoms with Gasteiger partial charge in [0.2, 0.25) is 5.91 Å². The van der Waals surface area contributed by atoms with Gasteiger partial charge in [0, 0.05) is 18.9 Å². The average molecular weight is 229 g/mol. The highest BCUT2D eigenvalue weighted by atomic mass is 16.6. The maximum absolute atomic E-state index is 11.4. The third kappa shape index (κ3) is 3.41. The molecule has 2 unspecified atom stereocenters. The van der Waals surface area contributed by atoms with Crippen LogP contribution >= 0.6 is 0 Å². The zero-order chi connectivity index (χ0) is 12.1. The number of hydrogen-bond acceptors (Lipinski definition) is 4. The zero-order valence-electron chi connectivity index (χ0n) is 8.77. The Balaban J connectivity index is 2.56. The molecule has 2 atom stereocenters. The van der Waals surface area contributed by atoms with E-state index in [2.05, 4.69) is 10.1 Å². The van der Waals surface area contributed by atoms with Crippen LogP contribution in [0, 0.1) is 5.92 Å². The Bertz CT molecular complexity index is 305. The van der Waals surface area contributed by atoms with Crippen LogP contribution < -0.4 is 16.8 Å². The lowest BCUT2D eigenvalue weighted by Crippen LogP contribution is -2.42. The molecule has 3 amide bonds. The molecule has 7 nitrogen and oxygen atoms in total. The molecule has 1 rings (SSSR count). The molecule has 0 saturated carbocycles. The van der Waals surface area contributed by atoms with E-state index in [0.29, 0.717) is 13.0 Å². The van der Waals surface area contributed by atoms with Crippen LogP contribution in [0.5, 0.6) is 0 Å². The summed E-state index contributed by atoms with van der Waals surface area (Å²) in [6, 6.07) is 0. The molecule has 7 heteroatoms. The number of rotatable bonds is 4. The number of amides is 3. The predicted molar refractivity (Wildman–Crippen MR) is 54.0 cm³/mol. The van der Waals surface area contributed by atoms with E-state index < -0.39 is 18.1 Å². The third-order valence-corrected chi connectivity index (χ3v) is 2.47. The Morgan fingerprint density at radius 2 is 2.19 bits per heavy atom. The molecule has 1 heterocycles. The van der Waals surface area contributed by atoms with Gasteiger partial charge in [-0.05, 0) is 12.8 Å². The van der Waals surface area contributed by atoms with Gasteiger partial charge in [0.05, 0.1) is 0 Å². The number of primary amides is 2. The van der Waals surface area contributed by atoms with E-state index in [-0.39, 0.29) is 18.2 Å². The molecule has 1 aliphatic heterocycles. The molecular formula is C9H15N3O4. The zero-order valence-corrected chi connectivity index (χ0v) is 8.77. The van der Waals surface area contributed by atoms with Crippen molar-refractivity contribution in [3.05, 3.63) is 0 Å². The fourth-order valence-corrected chi connectivity index (χ4v) is 1.68. The second-order valence-corrected chi connectivity index (χ2v) is 3.69. The van der Waals surface area contributed by atoms with Gasteiger partial charge in [0.25, 0.3) is 5.91 Å². The Labute approximate surface area is 92.5 Å². The van der Waals surface area contributed by atoms with Gasteiger partial charge in [0.1, 0.15) is 0 Å². The standard InChI is InChI=1S/C9H15N3O4/c10-7(13)6(16-9(11)15)4-5-2-1-3-12-8(5)14/h5-6H,1-4H2,(H2,10,13)(H2,11,15)(H,12,14). The third-order valence-electron chi connectivity index (χ3n) is 2.47. The summed E-state index contributed by atoms with van der Waals surface area (Å²) < 4.78 is 4.55. The minimum atomic E-state index is -1.13. The van der Waals surface area contributed by atoms with Crippen LogP contribution in [-0.2, 0) is 14.3 Å². The summed E-state index contributed by atoms with van der Waals surface area (Å²) in [5.74, 6) is -1.30. The van der Waals surface area contributed by atoms with Crippen LogP contribution in [0.4, 0.5) is 4.79 Å². The van der Waals surface area contributed by atoms with Gasteiger partial charge in [-0.3, -0.25) is 9.59 Å². The number of carbonyl (C=O) groups excluding carboxylic acids is 3. The van der Waals surface area contributed by atoms with Gasteiger partial charge < -0.3 is 21.5 Å². The van der Waals surface area contributed by atoms with Crippen molar-refractivity contribution < 1.29 is 19.1 Å². The molecule has 1 saturated heterocycles. The lowest BCUT2D eigenvalue weighted by molar-refractivity contribution is -0.131. The molecule has 0 spiro atoms. The van der Waals surface area contributed by atoms with E-state index in [0.717, 1.165) is 6.42 Å². The molecule has 0 aliphatic carbocycles. The maximum atomic E-state index is 11.4. The normalized spacial score (nSPS) is 22.0. The smallest absolute Gasteiger partial charge is 0.405 e. The van der Waals surface area contributed by atoms with Crippen molar-refractivity contribution >= 4 is 17.9 Å². The highest BCUT2D eigenvalue weighted by Gasteiger charge is 2.29. The number of carbonyl (C=O) groups is 3. The largest absolute Gasteiger partial charge is 0.436 e. The van der Waals surface area contributed by atoms with Crippen molar-refractivity contribution in [3.63, 3.8) is 0 Å². The SMILES string of the molecule is NC(=O)OC(CC1CCCNC1=O)C(N)=O. The molecule has 0 bridgehead atoms. The van der Waals surface area contributed by atoms with Gasteiger partial charge in [-0.15, -0.1) is 0 Å². The topological polar surface area (TPSA) is 125 Å². The first-order valence-electron chi connectivity index (χ1n) is 5.04. The van der Waals surface area contributed by atoms with E-state index in [9.17, 15) is 14.4 Å². The fraction of sp³-hybridized carbons (Fsp3) is 0.667. The van der Waals surface area contributed by atoms with Crippen molar-refractivity contribution in [2.75, 3.05) is 6.54 Å². The van der Waals surface area contributed by atoms with Crippen LogP contribution in [0.15, 0.2) is 0 Å². The van der Waals surface area contributed by atoms with E-state index in [4.69, 9.17) is 11.5 Å². The molecule has 0 aromatic rings. The molecule has 0 aromatic carbocycles. The first kappa shape index (κ1) is 12.3. The number of nitrogens with two attached hydrogens (primary N) is 2. The highest BCUT2D eigenvalue weighted by molar-refractivity contribution is 5.84. The predicted octanol–water partition coefficient (Wildman–Crippen LogP) is -1.15.